The number of para-hydroxylation sites is 1. The Morgan fingerprint density at radius 1 is 1.18 bits per heavy atom. The van der Waals surface area contributed by atoms with Crippen LogP contribution in [-0.4, -0.2) is 12.2 Å². The minimum absolute atomic E-state index is 0.106. The number of aromatic hydroxyl groups is 1. The van der Waals surface area contributed by atoms with Crippen LogP contribution in [0.1, 0.15) is 5.56 Å². The molecular formula is C17H14ClNO3. The summed E-state index contributed by atoms with van der Waals surface area (Å²) in [5, 5.41) is 10.6. The van der Waals surface area contributed by atoms with E-state index in [2.05, 4.69) is 0 Å². The van der Waals surface area contributed by atoms with E-state index in [0.717, 1.165) is 11.3 Å². The number of halogens is 1. The molecule has 0 aliphatic heterocycles. The molecule has 0 amide bonds. The molecule has 1 aromatic heterocycles. The van der Waals surface area contributed by atoms with Gasteiger partial charge in [0.25, 0.3) is 0 Å². The van der Waals surface area contributed by atoms with E-state index in [1.165, 1.54) is 12.1 Å². The molecule has 0 aliphatic rings. The second kappa shape index (κ2) is 5.73. The van der Waals surface area contributed by atoms with Crippen LogP contribution in [0, 0.1) is 0 Å². The van der Waals surface area contributed by atoms with Gasteiger partial charge in [-0.05, 0) is 23.8 Å². The fraction of sp³-hybridized carbons (Fsp3) is 0.118. The SMILES string of the molecule is CN(Cc1cc(=O)oc2cc(O)c(Cl)cc12)c1ccccc1. The van der Waals surface area contributed by atoms with Gasteiger partial charge in [0.15, 0.2) is 0 Å². The Bertz CT molecular complexity index is 874. The van der Waals surface area contributed by atoms with Crippen molar-refractivity contribution in [3.05, 3.63) is 69.5 Å². The van der Waals surface area contributed by atoms with E-state index in [1.807, 2.05) is 42.3 Å². The lowest BCUT2D eigenvalue weighted by Crippen LogP contribution is -2.17. The maximum absolute atomic E-state index is 11.7. The Hall–Kier alpha value is -2.46. The molecule has 0 radical (unpaired) electrons. The molecule has 112 valence electrons. The third kappa shape index (κ3) is 2.78. The third-order valence-corrected chi connectivity index (χ3v) is 3.80. The number of hydrogen-bond donors (Lipinski definition) is 1. The van der Waals surface area contributed by atoms with Crippen molar-refractivity contribution in [2.75, 3.05) is 11.9 Å². The highest BCUT2D eigenvalue weighted by molar-refractivity contribution is 6.32. The zero-order valence-electron chi connectivity index (χ0n) is 11.9. The van der Waals surface area contributed by atoms with Gasteiger partial charge in [-0.1, -0.05) is 29.8 Å². The molecule has 0 unspecified atom stereocenters. The smallest absolute Gasteiger partial charge is 0.336 e. The van der Waals surface area contributed by atoms with E-state index in [9.17, 15) is 9.90 Å². The predicted molar refractivity (Wildman–Crippen MR) is 87.7 cm³/mol. The van der Waals surface area contributed by atoms with Crippen LogP contribution in [0.3, 0.4) is 0 Å². The van der Waals surface area contributed by atoms with Gasteiger partial charge in [-0.2, -0.15) is 0 Å². The number of phenolic OH excluding ortho intramolecular Hbond substituents is 1. The van der Waals surface area contributed by atoms with E-state index >= 15 is 0 Å². The van der Waals surface area contributed by atoms with Crippen molar-refractivity contribution in [3.8, 4) is 5.75 Å². The van der Waals surface area contributed by atoms with Gasteiger partial charge in [-0.15, -0.1) is 0 Å². The molecule has 4 nitrogen and oxygen atoms in total. The maximum atomic E-state index is 11.7. The molecule has 0 fully saturated rings. The van der Waals surface area contributed by atoms with E-state index < -0.39 is 5.63 Å². The van der Waals surface area contributed by atoms with Gasteiger partial charge in [-0.25, -0.2) is 4.79 Å². The predicted octanol–water partition coefficient (Wildman–Crippen LogP) is 3.79. The average molecular weight is 316 g/mol. The minimum atomic E-state index is -0.453. The van der Waals surface area contributed by atoms with Crippen molar-refractivity contribution in [2.45, 2.75) is 6.54 Å². The largest absolute Gasteiger partial charge is 0.506 e. The number of fused-ring (bicyclic) bond motifs is 1. The summed E-state index contributed by atoms with van der Waals surface area (Å²) in [6, 6.07) is 14.3. The van der Waals surface area contributed by atoms with Crippen LogP contribution in [0.4, 0.5) is 5.69 Å². The number of hydrogen-bond acceptors (Lipinski definition) is 4. The highest BCUT2D eigenvalue weighted by atomic mass is 35.5. The zero-order chi connectivity index (χ0) is 15.7. The van der Waals surface area contributed by atoms with Crippen LogP contribution >= 0.6 is 11.6 Å². The van der Waals surface area contributed by atoms with Gasteiger partial charge in [0.2, 0.25) is 0 Å². The van der Waals surface area contributed by atoms with Crippen LogP contribution in [0.2, 0.25) is 5.02 Å². The van der Waals surface area contributed by atoms with Gasteiger partial charge < -0.3 is 14.4 Å². The van der Waals surface area contributed by atoms with Crippen molar-refractivity contribution in [1.82, 2.24) is 0 Å². The molecule has 2 aromatic carbocycles. The molecule has 0 atom stereocenters. The zero-order valence-corrected chi connectivity index (χ0v) is 12.7. The fourth-order valence-corrected chi connectivity index (χ4v) is 2.56. The van der Waals surface area contributed by atoms with Crippen molar-refractivity contribution in [2.24, 2.45) is 0 Å². The summed E-state index contributed by atoms with van der Waals surface area (Å²) in [5.74, 6) is -0.106. The third-order valence-electron chi connectivity index (χ3n) is 3.50. The monoisotopic (exact) mass is 315 g/mol. The summed E-state index contributed by atoms with van der Waals surface area (Å²) in [7, 11) is 1.94. The van der Waals surface area contributed by atoms with Crippen molar-refractivity contribution in [3.63, 3.8) is 0 Å². The normalized spacial score (nSPS) is 10.8. The Morgan fingerprint density at radius 2 is 1.91 bits per heavy atom. The van der Waals surface area contributed by atoms with E-state index in [0.29, 0.717) is 17.5 Å². The lowest BCUT2D eigenvalue weighted by molar-refractivity contribution is 0.473. The molecule has 0 spiro atoms. The Labute approximate surface area is 132 Å². The first-order valence-electron chi connectivity index (χ1n) is 6.76. The summed E-state index contributed by atoms with van der Waals surface area (Å²) in [5.41, 5.74) is 1.70. The lowest BCUT2D eigenvalue weighted by Gasteiger charge is -2.20. The van der Waals surface area contributed by atoms with Crippen LogP contribution in [-0.2, 0) is 6.54 Å². The molecule has 0 aliphatic carbocycles. The van der Waals surface area contributed by atoms with Crippen molar-refractivity contribution in [1.29, 1.82) is 0 Å². The van der Waals surface area contributed by atoms with Gasteiger partial charge in [0.1, 0.15) is 11.3 Å². The second-order valence-corrected chi connectivity index (χ2v) is 5.49. The fourth-order valence-electron chi connectivity index (χ4n) is 2.40. The van der Waals surface area contributed by atoms with Gasteiger partial charge in [0.05, 0.1) is 5.02 Å². The molecular weight excluding hydrogens is 302 g/mol. The van der Waals surface area contributed by atoms with Crippen LogP contribution in [0.25, 0.3) is 11.0 Å². The highest BCUT2D eigenvalue weighted by Crippen LogP contribution is 2.30. The summed E-state index contributed by atoms with van der Waals surface area (Å²) < 4.78 is 5.13. The van der Waals surface area contributed by atoms with Crippen LogP contribution < -0.4 is 10.5 Å². The van der Waals surface area contributed by atoms with E-state index in [-0.39, 0.29) is 10.8 Å². The Morgan fingerprint density at radius 3 is 2.64 bits per heavy atom. The first kappa shape index (κ1) is 14.5. The molecule has 0 saturated carbocycles. The molecule has 0 saturated heterocycles. The van der Waals surface area contributed by atoms with Crippen LogP contribution in [0.15, 0.2) is 57.7 Å². The topological polar surface area (TPSA) is 53.7 Å². The average Bonchev–Trinajstić information content (AvgIpc) is 2.50. The lowest BCUT2D eigenvalue weighted by atomic mass is 10.1. The molecule has 3 aromatic rings. The number of benzene rings is 2. The van der Waals surface area contributed by atoms with Crippen molar-refractivity contribution >= 4 is 28.3 Å². The van der Waals surface area contributed by atoms with Gasteiger partial charge >= 0.3 is 5.63 Å². The summed E-state index contributed by atoms with van der Waals surface area (Å²) in [6.45, 7) is 0.521. The maximum Gasteiger partial charge on any atom is 0.336 e. The quantitative estimate of drug-likeness (QED) is 0.747. The summed E-state index contributed by atoms with van der Waals surface area (Å²) in [4.78, 5) is 13.7. The van der Waals surface area contributed by atoms with E-state index in [1.54, 1.807) is 6.07 Å². The summed E-state index contributed by atoms with van der Waals surface area (Å²) in [6.07, 6.45) is 0. The number of rotatable bonds is 3. The first-order chi connectivity index (χ1) is 10.5. The molecule has 1 heterocycles. The molecule has 5 heteroatoms. The molecule has 22 heavy (non-hydrogen) atoms. The second-order valence-electron chi connectivity index (χ2n) is 5.08. The van der Waals surface area contributed by atoms with Gasteiger partial charge in [0, 0.05) is 36.8 Å². The Balaban J connectivity index is 2.07. The van der Waals surface area contributed by atoms with Crippen molar-refractivity contribution < 1.29 is 9.52 Å². The minimum Gasteiger partial charge on any atom is -0.506 e. The highest BCUT2D eigenvalue weighted by Gasteiger charge is 2.11. The standard InChI is InChI=1S/C17H14ClNO3/c1-19(12-5-3-2-4-6-12)10-11-7-17(21)22-16-9-15(20)14(18)8-13(11)16/h2-9,20H,10H2,1H3. The number of anilines is 1. The molecule has 0 bridgehead atoms. The van der Waals surface area contributed by atoms with E-state index in [4.69, 9.17) is 16.0 Å². The first-order valence-corrected chi connectivity index (χ1v) is 7.14. The molecule has 3 rings (SSSR count). The van der Waals surface area contributed by atoms with Crippen LogP contribution in [0.5, 0.6) is 5.75 Å². The Kier molecular flexibility index (Phi) is 3.77. The van der Waals surface area contributed by atoms with Gasteiger partial charge in [-0.3, -0.25) is 0 Å². The number of phenols is 1. The number of nitrogens with zero attached hydrogens (tertiary/aromatic N) is 1. The molecule has 1 N–H and O–H groups in total. The summed E-state index contributed by atoms with van der Waals surface area (Å²) >= 11 is 5.97.